The third kappa shape index (κ3) is 3.61. The van der Waals surface area contributed by atoms with Gasteiger partial charge in [-0.1, -0.05) is 19.9 Å². The zero-order valence-electron chi connectivity index (χ0n) is 11.7. The topological polar surface area (TPSA) is 50.7 Å². The molecule has 1 heterocycles. The number of rotatable bonds is 5. The Morgan fingerprint density at radius 1 is 1.21 bits per heavy atom. The van der Waals surface area contributed by atoms with Crippen molar-refractivity contribution in [2.24, 2.45) is 0 Å². The van der Waals surface area contributed by atoms with Gasteiger partial charge in [0.05, 0.1) is 19.8 Å². The molecule has 0 spiro atoms. The number of hydrogen-bond donors (Lipinski definition) is 2. The van der Waals surface area contributed by atoms with Gasteiger partial charge in [-0.2, -0.15) is 0 Å². The average Bonchev–Trinajstić information content (AvgIpc) is 2.63. The van der Waals surface area contributed by atoms with Gasteiger partial charge in [-0.15, -0.1) is 0 Å². The first kappa shape index (κ1) is 14.2. The summed E-state index contributed by atoms with van der Waals surface area (Å²) in [6.07, 6.45) is 0.922. The zero-order chi connectivity index (χ0) is 13.7. The summed E-state index contributed by atoms with van der Waals surface area (Å²) in [5, 5.41) is 12.1. The van der Waals surface area contributed by atoms with E-state index in [1.54, 1.807) is 0 Å². The van der Waals surface area contributed by atoms with E-state index in [1.807, 2.05) is 6.07 Å². The van der Waals surface area contributed by atoms with Crippen LogP contribution in [0.15, 0.2) is 18.2 Å². The highest BCUT2D eigenvalue weighted by atomic mass is 16.5. The molecule has 0 amide bonds. The quantitative estimate of drug-likeness (QED) is 0.796. The molecule has 1 aliphatic rings. The minimum Gasteiger partial charge on any atom is -0.490 e. The summed E-state index contributed by atoms with van der Waals surface area (Å²) in [6.45, 7) is 7.37. The second kappa shape index (κ2) is 6.26. The van der Waals surface area contributed by atoms with Crippen molar-refractivity contribution >= 4 is 0 Å². The predicted octanol–water partition coefficient (Wildman–Crippen LogP) is 1.71. The normalized spacial score (nSPS) is 15.1. The molecule has 0 bridgehead atoms. The summed E-state index contributed by atoms with van der Waals surface area (Å²) in [5.41, 5.74) is 1.20. The van der Waals surface area contributed by atoms with Crippen molar-refractivity contribution < 1.29 is 14.6 Å². The van der Waals surface area contributed by atoms with Gasteiger partial charge in [-0.05, 0) is 17.7 Å². The predicted molar refractivity (Wildman–Crippen MR) is 75.0 cm³/mol. The molecule has 0 unspecified atom stereocenters. The standard InChI is InChI=1S/C15H23NO3/c1-15(2,11-16-6-7-17)12-4-5-13-14(10-12)19-9-3-8-18-13/h4-5,10,16-17H,3,6-9,11H2,1-2H3. The molecule has 106 valence electrons. The number of hydrogen-bond acceptors (Lipinski definition) is 4. The minimum absolute atomic E-state index is 0.0140. The van der Waals surface area contributed by atoms with Gasteiger partial charge in [0.15, 0.2) is 11.5 Å². The van der Waals surface area contributed by atoms with Crippen LogP contribution in [0.4, 0.5) is 0 Å². The van der Waals surface area contributed by atoms with Gasteiger partial charge in [0.25, 0.3) is 0 Å². The first-order chi connectivity index (χ1) is 9.13. The maximum atomic E-state index is 8.82. The number of nitrogens with one attached hydrogen (secondary N) is 1. The Hall–Kier alpha value is -1.26. The van der Waals surface area contributed by atoms with E-state index < -0.39 is 0 Å². The van der Waals surface area contributed by atoms with Crippen LogP contribution < -0.4 is 14.8 Å². The molecule has 1 aromatic rings. The van der Waals surface area contributed by atoms with Crippen molar-refractivity contribution in [3.05, 3.63) is 23.8 Å². The highest BCUT2D eigenvalue weighted by Gasteiger charge is 2.22. The number of ether oxygens (including phenoxy) is 2. The molecule has 1 aromatic carbocycles. The molecule has 1 aliphatic heterocycles. The molecule has 19 heavy (non-hydrogen) atoms. The molecule has 0 atom stereocenters. The number of aliphatic hydroxyl groups is 1. The third-order valence-electron chi connectivity index (χ3n) is 3.38. The van der Waals surface area contributed by atoms with Gasteiger partial charge in [0.1, 0.15) is 0 Å². The Balaban J connectivity index is 2.13. The maximum absolute atomic E-state index is 8.82. The van der Waals surface area contributed by atoms with E-state index >= 15 is 0 Å². The van der Waals surface area contributed by atoms with Gasteiger partial charge in [-0.3, -0.25) is 0 Å². The van der Waals surface area contributed by atoms with Crippen LogP contribution in [0.1, 0.15) is 25.8 Å². The first-order valence-electron chi connectivity index (χ1n) is 6.85. The van der Waals surface area contributed by atoms with Crippen LogP contribution in [0.25, 0.3) is 0 Å². The highest BCUT2D eigenvalue weighted by Crippen LogP contribution is 2.34. The summed E-state index contributed by atoms with van der Waals surface area (Å²) in [4.78, 5) is 0. The Labute approximate surface area is 114 Å². The molecule has 0 aromatic heterocycles. The summed E-state index contributed by atoms with van der Waals surface area (Å²) >= 11 is 0. The summed E-state index contributed by atoms with van der Waals surface area (Å²) in [7, 11) is 0. The lowest BCUT2D eigenvalue weighted by Gasteiger charge is -2.26. The van der Waals surface area contributed by atoms with Gasteiger partial charge in [0, 0.05) is 24.9 Å². The molecular formula is C15H23NO3. The van der Waals surface area contributed by atoms with Crippen LogP contribution >= 0.6 is 0 Å². The van der Waals surface area contributed by atoms with Crippen LogP contribution in [-0.2, 0) is 5.41 Å². The van der Waals surface area contributed by atoms with Crippen molar-refractivity contribution in [1.82, 2.24) is 5.32 Å². The maximum Gasteiger partial charge on any atom is 0.161 e. The monoisotopic (exact) mass is 265 g/mol. The fourth-order valence-corrected chi connectivity index (χ4v) is 2.17. The largest absolute Gasteiger partial charge is 0.490 e. The van der Waals surface area contributed by atoms with Gasteiger partial charge < -0.3 is 19.9 Å². The van der Waals surface area contributed by atoms with Gasteiger partial charge >= 0.3 is 0 Å². The molecular weight excluding hydrogens is 242 g/mol. The second-order valence-corrected chi connectivity index (χ2v) is 5.50. The van der Waals surface area contributed by atoms with Crippen LogP contribution in [0.2, 0.25) is 0 Å². The van der Waals surface area contributed by atoms with E-state index in [4.69, 9.17) is 14.6 Å². The smallest absolute Gasteiger partial charge is 0.161 e. The van der Waals surface area contributed by atoms with Crippen LogP contribution in [0.5, 0.6) is 11.5 Å². The lowest BCUT2D eigenvalue weighted by atomic mass is 9.84. The number of fused-ring (bicyclic) bond motifs is 1. The van der Waals surface area contributed by atoms with Gasteiger partial charge in [0.2, 0.25) is 0 Å². The average molecular weight is 265 g/mol. The molecule has 4 heteroatoms. The molecule has 0 radical (unpaired) electrons. The van der Waals surface area contributed by atoms with E-state index in [0.29, 0.717) is 19.8 Å². The summed E-state index contributed by atoms with van der Waals surface area (Å²) in [5.74, 6) is 1.67. The fourth-order valence-electron chi connectivity index (χ4n) is 2.17. The molecule has 2 rings (SSSR count). The lowest BCUT2D eigenvalue weighted by Crippen LogP contribution is -2.34. The van der Waals surface area contributed by atoms with E-state index in [-0.39, 0.29) is 12.0 Å². The molecule has 0 fully saturated rings. The minimum atomic E-state index is -0.0140. The Bertz CT molecular complexity index is 418. The van der Waals surface area contributed by atoms with Crippen LogP contribution in [-0.4, -0.2) is 38.0 Å². The second-order valence-electron chi connectivity index (χ2n) is 5.50. The molecule has 0 saturated heterocycles. The van der Waals surface area contributed by atoms with E-state index in [2.05, 4.69) is 31.3 Å². The van der Waals surface area contributed by atoms with Crippen molar-refractivity contribution in [3.63, 3.8) is 0 Å². The zero-order valence-corrected chi connectivity index (χ0v) is 11.7. The van der Waals surface area contributed by atoms with Gasteiger partial charge in [-0.25, -0.2) is 0 Å². The third-order valence-corrected chi connectivity index (χ3v) is 3.38. The molecule has 4 nitrogen and oxygen atoms in total. The van der Waals surface area contributed by atoms with Crippen molar-refractivity contribution in [2.75, 3.05) is 32.9 Å². The summed E-state index contributed by atoms with van der Waals surface area (Å²) in [6, 6.07) is 6.15. The fraction of sp³-hybridized carbons (Fsp3) is 0.600. The number of benzene rings is 1. The molecule has 0 saturated carbocycles. The Kier molecular flexibility index (Phi) is 4.66. The van der Waals surface area contributed by atoms with Crippen LogP contribution in [0.3, 0.4) is 0 Å². The highest BCUT2D eigenvalue weighted by molar-refractivity contribution is 5.45. The number of aliphatic hydroxyl groups excluding tert-OH is 1. The van der Waals surface area contributed by atoms with Crippen molar-refractivity contribution in [3.8, 4) is 11.5 Å². The van der Waals surface area contributed by atoms with Crippen LogP contribution in [0, 0.1) is 0 Å². The molecule has 2 N–H and O–H groups in total. The lowest BCUT2D eigenvalue weighted by molar-refractivity contribution is 0.286. The molecule has 0 aliphatic carbocycles. The van der Waals surface area contributed by atoms with E-state index in [0.717, 1.165) is 24.5 Å². The summed E-state index contributed by atoms with van der Waals surface area (Å²) < 4.78 is 11.4. The first-order valence-corrected chi connectivity index (χ1v) is 6.85. The van der Waals surface area contributed by atoms with E-state index in [1.165, 1.54) is 5.56 Å². The Morgan fingerprint density at radius 2 is 1.95 bits per heavy atom. The van der Waals surface area contributed by atoms with E-state index in [9.17, 15) is 0 Å². The van der Waals surface area contributed by atoms with Crippen molar-refractivity contribution in [1.29, 1.82) is 0 Å². The SMILES string of the molecule is CC(C)(CNCCO)c1ccc2c(c1)OCCCO2. The Morgan fingerprint density at radius 3 is 2.68 bits per heavy atom. The van der Waals surface area contributed by atoms with Crippen molar-refractivity contribution in [2.45, 2.75) is 25.7 Å².